The number of benzene rings is 1. The Morgan fingerprint density at radius 1 is 1.12 bits per heavy atom. The summed E-state index contributed by atoms with van der Waals surface area (Å²) in [5.74, 6) is -3.57. The van der Waals surface area contributed by atoms with Crippen LogP contribution in [0.4, 0.5) is 10.1 Å². The number of hydrogen-bond donors (Lipinski definition) is 2. The fourth-order valence-corrected chi connectivity index (χ4v) is 4.51. The van der Waals surface area contributed by atoms with Crippen molar-refractivity contribution in [2.75, 3.05) is 19.0 Å². The molecule has 0 unspecified atom stereocenters. The van der Waals surface area contributed by atoms with Crippen LogP contribution in [0.25, 0.3) is 0 Å². The first-order valence-electron chi connectivity index (χ1n) is 8.21. The Morgan fingerprint density at radius 3 is 2.08 bits per heavy atom. The van der Waals surface area contributed by atoms with Gasteiger partial charge in [0.05, 0.1) is 16.8 Å². The van der Waals surface area contributed by atoms with Crippen molar-refractivity contribution in [3.63, 3.8) is 0 Å². The van der Waals surface area contributed by atoms with Crippen molar-refractivity contribution < 1.29 is 27.5 Å². The van der Waals surface area contributed by atoms with Gasteiger partial charge in [0.25, 0.3) is 5.91 Å². The van der Waals surface area contributed by atoms with Crippen molar-refractivity contribution >= 4 is 27.8 Å². The first-order valence-corrected chi connectivity index (χ1v) is 9.65. The average Bonchev–Trinajstić information content (AvgIpc) is 3.41. The summed E-state index contributed by atoms with van der Waals surface area (Å²) >= 11 is 0. The van der Waals surface area contributed by atoms with Gasteiger partial charge in [-0.15, -0.1) is 0 Å². The van der Waals surface area contributed by atoms with E-state index in [1.165, 1.54) is 9.21 Å². The highest BCUT2D eigenvalue weighted by Crippen LogP contribution is 2.39. The van der Waals surface area contributed by atoms with Gasteiger partial charge in [-0.25, -0.2) is 13.9 Å². The molecule has 0 radical (unpaired) electrons. The van der Waals surface area contributed by atoms with E-state index in [0.29, 0.717) is 0 Å². The minimum absolute atomic E-state index is 0.0905. The van der Waals surface area contributed by atoms with Crippen LogP contribution in [-0.4, -0.2) is 55.9 Å². The van der Waals surface area contributed by atoms with Crippen molar-refractivity contribution in [1.29, 1.82) is 0 Å². The van der Waals surface area contributed by atoms with Crippen molar-refractivity contribution in [3.05, 3.63) is 29.1 Å². The van der Waals surface area contributed by atoms with Crippen LogP contribution in [0.1, 0.15) is 46.4 Å². The van der Waals surface area contributed by atoms with Gasteiger partial charge in [0.15, 0.2) is 0 Å². The minimum Gasteiger partial charge on any atom is -0.478 e. The fraction of sp³-hybridized carbons (Fsp3) is 0.500. The van der Waals surface area contributed by atoms with Crippen LogP contribution in [0.15, 0.2) is 12.1 Å². The molecule has 0 atom stereocenters. The number of amides is 1. The first-order chi connectivity index (χ1) is 12.1. The van der Waals surface area contributed by atoms with Crippen molar-refractivity contribution in [2.24, 2.45) is 0 Å². The van der Waals surface area contributed by atoms with E-state index in [2.05, 4.69) is 0 Å². The minimum atomic E-state index is -4.05. The summed E-state index contributed by atoms with van der Waals surface area (Å²) in [5, 5.41) is 9.04. The third-order valence-corrected chi connectivity index (χ3v) is 5.95. The number of carbonyl (C=O) groups is 2. The van der Waals surface area contributed by atoms with Gasteiger partial charge in [-0.1, -0.05) is 0 Å². The molecule has 8 nitrogen and oxygen atoms in total. The molecule has 0 spiro atoms. The number of rotatable bonds is 7. The van der Waals surface area contributed by atoms with E-state index in [-0.39, 0.29) is 23.3 Å². The summed E-state index contributed by atoms with van der Waals surface area (Å²) in [5.41, 5.74) is -0.723. The third-order valence-electron chi connectivity index (χ3n) is 4.35. The Hall–Kier alpha value is -2.20. The van der Waals surface area contributed by atoms with Crippen molar-refractivity contribution in [3.8, 4) is 0 Å². The molecule has 0 aliphatic heterocycles. The number of hydrogen-bond acceptors (Lipinski definition) is 5. The number of carbonyl (C=O) groups excluding carboxylic acids is 1. The second-order valence-electron chi connectivity index (χ2n) is 6.78. The van der Waals surface area contributed by atoms with E-state index in [1.54, 1.807) is 14.1 Å². The SMILES string of the molecule is CN(C)c1cc(C(=O)O)c(F)cc1C(=O)NS(=O)(=O)N(C1CC1)C1CC1. The molecule has 2 saturated carbocycles. The zero-order valence-electron chi connectivity index (χ0n) is 14.4. The normalized spacial score (nSPS) is 17.2. The molecule has 2 fully saturated rings. The number of halogens is 1. The molecule has 3 rings (SSSR count). The highest BCUT2D eigenvalue weighted by Gasteiger charge is 2.46. The number of aromatic carboxylic acids is 1. The van der Waals surface area contributed by atoms with Crippen molar-refractivity contribution in [2.45, 2.75) is 37.8 Å². The predicted octanol–water partition coefficient (Wildman–Crippen LogP) is 1.19. The molecule has 2 aliphatic carbocycles. The molecule has 142 valence electrons. The fourth-order valence-electron chi connectivity index (χ4n) is 2.85. The van der Waals surface area contributed by atoms with Gasteiger partial charge in [-0.3, -0.25) is 4.79 Å². The van der Waals surface area contributed by atoms with Gasteiger partial charge >= 0.3 is 16.2 Å². The van der Waals surface area contributed by atoms with E-state index >= 15 is 0 Å². The number of anilines is 1. The molecule has 1 amide bonds. The summed E-state index contributed by atoms with van der Waals surface area (Å²) in [4.78, 5) is 25.1. The van der Waals surface area contributed by atoms with Crippen LogP contribution in [-0.2, 0) is 10.2 Å². The number of nitrogens with one attached hydrogen (secondary N) is 1. The molecule has 0 heterocycles. The predicted molar refractivity (Wildman–Crippen MR) is 92.0 cm³/mol. The Labute approximate surface area is 150 Å². The quantitative estimate of drug-likeness (QED) is 0.730. The largest absolute Gasteiger partial charge is 0.478 e. The monoisotopic (exact) mass is 385 g/mol. The van der Waals surface area contributed by atoms with Gasteiger partial charge in [0.1, 0.15) is 5.82 Å². The molecule has 2 aliphatic rings. The van der Waals surface area contributed by atoms with Crippen LogP contribution in [0.3, 0.4) is 0 Å². The van der Waals surface area contributed by atoms with Crippen LogP contribution < -0.4 is 9.62 Å². The van der Waals surface area contributed by atoms with Gasteiger partial charge in [0.2, 0.25) is 0 Å². The molecule has 0 aromatic heterocycles. The molecule has 0 saturated heterocycles. The van der Waals surface area contributed by atoms with Crippen molar-refractivity contribution in [1.82, 2.24) is 9.03 Å². The lowest BCUT2D eigenvalue weighted by molar-refractivity contribution is 0.0691. The lowest BCUT2D eigenvalue weighted by atomic mass is 10.1. The van der Waals surface area contributed by atoms with E-state index in [1.807, 2.05) is 4.72 Å². The highest BCUT2D eigenvalue weighted by atomic mass is 32.2. The van der Waals surface area contributed by atoms with Crippen LogP contribution in [0.2, 0.25) is 0 Å². The van der Waals surface area contributed by atoms with Crippen LogP contribution in [0.5, 0.6) is 0 Å². The number of carboxylic acids is 1. The van der Waals surface area contributed by atoms with E-state index < -0.39 is 33.5 Å². The summed E-state index contributed by atoms with van der Waals surface area (Å²) in [6.07, 6.45) is 3.04. The molecular formula is C16H20FN3O5S. The maximum atomic E-state index is 14.0. The number of carboxylic acid groups (broad SMARTS) is 1. The van der Waals surface area contributed by atoms with Gasteiger partial charge in [-0.05, 0) is 37.8 Å². The third kappa shape index (κ3) is 3.65. The second kappa shape index (κ2) is 6.51. The first kappa shape index (κ1) is 18.6. The summed E-state index contributed by atoms with van der Waals surface area (Å²) in [6.45, 7) is 0. The average molecular weight is 385 g/mol. The maximum Gasteiger partial charge on any atom is 0.338 e. The lowest BCUT2D eigenvalue weighted by Crippen LogP contribution is -2.46. The topological polar surface area (TPSA) is 107 Å². The summed E-state index contributed by atoms with van der Waals surface area (Å²) in [6, 6.07) is 1.58. The van der Waals surface area contributed by atoms with Crippen LogP contribution in [0, 0.1) is 5.82 Å². The van der Waals surface area contributed by atoms with E-state index in [0.717, 1.165) is 37.8 Å². The van der Waals surface area contributed by atoms with E-state index in [9.17, 15) is 22.4 Å². The standard InChI is InChI=1S/C16H20FN3O5S/c1-19(2)14-8-11(16(22)23)13(17)7-12(14)15(21)18-26(24,25)20(9-3-4-9)10-5-6-10/h7-10H,3-6H2,1-2H3,(H,18,21)(H,22,23). The van der Waals surface area contributed by atoms with Gasteiger partial charge in [0, 0.05) is 26.2 Å². The molecule has 2 N–H and O–H groups in total. The zero-order valence-corrected chi connectivity index (χ0v) is 15.2. The Balaban J connectivity index is 1.91. The molecule has 10 heteroatoms. The smallest absolute Gasteiger partial charge is 0.338 e. The van der Waals surface area contributed by atoms with Crippen LogP contribution >= 0.6 is 0 Å². The molecular weight excluding hydrogens is 365 g/mol. The molecule has 26 heavy (non-hydrogen) atoms. The zero-order chi connectivity index (χ0) is 19.2. The molecule has 1 aromatic rings. The summed E-state index contributed by atoms with van der Waals surface area (Å²) < 4.78 is 42.6. The van der Waals surface area contributed by atoms with E-state index in [4.69, 9.17) is 5.11 Å². The maximum absolute atomic E-state index is 14.0. The Kier molecular flexibility index (Phi) is 4.65. The Morgan fingerprint density at radius 2 is 1.65 bits per heavy atom. The highest BCUT2D eigenvalue weighted by molar-refractivity contribution is 7.87. The van der Waals surface area contributed by atoms with Gasteiger partial charge < -0.3 is 10.0 Å². The second-order valence-corrected chi connectivity index (χ2v) is 8.35. The summed E-state index contributed by atoms with van der Waals surface area (Å²) in [7, 11) is -0.956. The lowest BCUT2D eigenvalue weighted by Gasteiger charge is -2.23. The molecule has 0 bridgehead atoms. The number of nitrogens with zero attached hydrogens (tertiary/aromatic N) is 2. The molecule has 1 aromatic carbocycles. The Bertz CT molecular complexity index is 851. The van der Waals surface area contributed by atoms with Gasteiger partial charge in [-0.2, -0.15) is 12.7 Å².